The van der Waals surface area contributed by atoms with Crippen LogP contribution in [0.15, 0.2) is 18.7 Å². The van der Waals surface area contributed by atoms with Gasteiger partial charge in [-0.25, -0.2) is 4.98 Å². The lowest BCUT2D eigenvalue weighted by atomic mass is 9.87. The summed E-state index contributed by atoms with van der Waals surface area (Å²) in [4.78, 5) is 6.98. The number of likely N-dealkylation sites (tertiary alicyclic amines) is 1. The molecule has 0 aromatic carbocycles. The minimum absolute atomic E-state index is 0.629. The number of aromatic nitrogens is 2. The summed E-state index contributed by atoms with van der Waals surface area (Å²) in [6, 6.07) is 0.629. The van der Waals surface area contributed by atoms with Crippen LogP contribution in [0.25, 0.3) is 0 Å². The summed E-state index contributed by atoms with van der Waals surface area (Å²) in [5, 5.41) is 0. The fourth-order valence-electron chi connectivity index (χ4n) is 5.07. The Morgan fingerprint density at radius 2 is 2.15 bits per heavy atom. The van der Waals surface area contributed by atoms with E-state index in [2.05, 4.69) is 27.6 Å². The van der Waals surface area contributed by atoms with E-state index in [1.165, 1.54) is 45.3 Å². The van der Waals surface area contributed by atoms with Gasteiger partial charge in [0, 0.05) is 31.5 Å². The predicted octanol–water partition coefficient (Wildman–Crippen LogP) is 3.20. The van der Waals surface area contributed by atoms with Gasteiger partial charge in [-0.2, -0.15) is 0 Å². The van der Waals surface area contributed by atoms with Gasteiger partial charge in [0.15, 0.2) is 0 Å². The molecule has 3 aliphatic rings. The van der Waals surface area contributed by atoms with E-state index < -0.39 is 0 Å². The van der Waals surface area contributed by atoms with Crippen molar-refractivity contribution in [1.82, 2.24) is 14.5 Å². The largest absolute Gasteiger partial charge is 0.333 e. The first-order valence-electron chi connectivity index (χ1n) is 8.49. The molecule has 0 radical (unpaired) electrons. The van der Waals surface area contributed by atoms with Gasteiger partial charge in [0.05, 0.1) is 6.33 Å². The van der Waals surface area contributed by atoms with Gasteiger partial charge in [0.25, 0.3) is 0 Å². The maximum Gasteiger partial charge on any atom is 0.0949 e. The summed E-state index contributed by atoms with van der Waals surface area (Å²) in [7, 11) is 0. The number of hydrogen-bond donors (Lipinski definition) is 0. The smallest absolute Gasteiger partial charge is 0.0949 e. The maximum atomic E-state index is 4.24. The molecule has 1 aliphatic heterocycles. The lowest BCUT2D eigenvalue weighted by molar-refractivity contribution is 0.103. The van der Waals surface area contributed by atoms with E-state index in [-0.39, 0.29) is 0 Å². The van der Waals surface area contributed by atoms with Gasteiger partial charge in [-0.3, -0.25) is 0 Å². The first kappa shape index (κ1) is 12.9. The first-order valence-corrected chi connectivity index (χ1v) is 8.49. The van der Waals surface area contributed by atoms with Gasteiger partial charge >= 0.3 is 0 Å². The van der Waals surface area contributed by atoms with Crippen molar-refractivity contribution in [3.05, 3.63) is 18.7 Å². The molecular weight excluding hydrogens is 246 g/mol. The Balaban J connectivity index is 1.40. The number of hydrogen-bond acceptors (Lipinski definition) is 2. The lowest BCUT2D eigenvalue weighted by Crippen LogP contribution is -2.43. The summed E-state index contributed by atoms with van der Waals surface area (Å²) in [5.41, 5.74) is 0. The molecule has 20 heavy (non-hydrogen) atoms. The number of imidazole rings is 1. The summed E-state index contributed by atoms with van der Waals surface area (Å²) in [6.07, 6.45) is 13.5. The Bertz CT molecular complexity index is 441. The summed E-state index contributed by atoms with van der Waals surface area (Å²) in [6.45, 7) is 6.30. The molecule has 0 unspecified atom stereocenters. The zero-order chi connectivity index (χ0) is 13.5. The molecule has 0 spiro atoms. The third-order valence-electron chi connectivity index (χ3n) is 6.29. The molecule has 3 fully saturated rings. The van der Waals surface area contributed by atoms with E-state index in [0.717, 1.165) is 23.7 Å². The monoisotopic (exact) mass is 273 g/mol. The standard InChI is InChI=1S/C17H27N3/c1-13-4-6-19(11-17(13)20-7-5-18-12-20)10-16-9-14-2-3-15(16)8-14/h5,7,12-17H,2-4,6,8-11H2,1H3/t13-,14+,15+,16-,17+/m1/s1. The molecule has 1 aromatic heterocycles. The van der Waals surface area contributed by atoms with Gasteiger partial charge in [0.2, 0.25) is 0 Å². The van der Waals surface area contributed by atoms with Crippen LogP contribution < -0.4 is 0 Å². The number of rotatable bonds is 3. The van der Waals surface area contributed by atoms with Crippen molar-refractivity contribution < 1.29 is 0 Å². The number of fused-ring (bicyclic) bond motifs is 2. The minimum atomic E-state index is 0.629. The Morgan fingerprint density at radius 3 is 2.85 bits per heavy atom. The van der Waals surface area contributed by atoms with Gasteiger partial charge in [-0.05, 0) is 55.9 Å². The molecule has 1 aromatic rings. The average molecular weight is 273 g/mol. The van der Waals surface area contributed by atoms with E-state index in [4.69, 9.17) is 0 Å². The maximum absolute atomic E-state index is 4.24. The van der Waals surface area contributed by atoms with Crippen molar-refractivity contribution in [2.75, 3.05) is 19.6 Å². The normalized spacial score (nSPS) is 41.4. The summed E-state index contributed by atoms with van der Waals surface area (Å²) in [5.74, 6) is 3.93. The Labute approximate surface area is 122 Å². The summed E-state index contributed by atoms with van der Waals surface area (Å²) < 4.78 is 2.33. The second-order valence-electron chi connectivity index (χ2n) is 7.54. The molecular formula is C17H27N3. The highest BCUT2D eigenvalue weighted by atomic mass is 15.2. The molecule has 2 heterocycles. The van der Waals surface area contributed by atoms with E-state index in [0.29, 0.717) is 6.04 Å². The highest BCUT2D eigenvalue weighted by molar-refractivity contribution is 4.93. The van der Waals surface area contributed by atoms with E-state index in [1.54, 1.807) is 6.42 Å². The van der Waals surface area contributed by atoms with E-state index in [9.17, 15) is 0 Å². The third kappa shape index (κ3) is 2.30. The summed E-state index contributed by atoms with van der Waals surface area (Å²) >= 11 is 0. The van der Waals surface area contributed by atoms with Crippen molar-refractivity contribution in [3.8, 4) is 0 Å². The molecule has 0 amide bonds. The lowest BCUT2D eigenvalue weighted by Gasteiger charge is -2.39. The van der Waals surface area contributed by atoms with Crippen molar-refractivity contribution in [1.29, 1.82) is 0 Å². The van der Waals surface area contributed by atoms with Crippen molar-refractivity contribution in [2.45, 2.75) is 45.1 Å². The highest BCUT2D eigenvalue weighted by Crippen LogP contribution is 2.48. The molecule has 2 bridgehead atoms. The van der Waals surface area contributed by atoms with Crippen LogP contribution in [0.4, 0.5) is 0 Å². The molecule has 3 heteroatoms. The molecule has 2 saturated carbocycles. The Kier molecular flexibility index (Phi) is 3.33. The topological polar surface area (TPSA) is 21.1 Å². The SMILES string of the molecule is C[C@@H]1CCN(C[C@H]2C[C@H]3CC[C@H]2C3)C[C@@H]1n1ccnc1. The number of piperidine rings is 1. The first-order chi connectivity index (χ1) is 9.79. The predicted molar refractivity (Wildman–Crippen MR) is 80.4 cm³/mol. The fraction of sp³-hybridized carbons (Fsp3) is 0.824. The van der Waals surface area contributed by atoms with E-state index in [1.807, 2.05) is 12.5 Å². The number of nitrogens with zero attached hydrogens (tertiary/aromatic N) is 3. The van der Waals surface area contributed by atoms with Crippen LogP contribution in [0.1, 0.15) is 45.1 Å². The van der Waals surface area contributed by atoms with Crippen molar-refractivity contribution in [3.63, 3.8) is 0 Å². The van der Waals surface area contributed by atoms with Crippen LogP contribution >= 0.6 is 0 Å². The average Bonchev–Trinajstić information content (AvgIpc) is 3.17. The molecule has 2 aliphatic carbocycles. The van der Waals surface area contributed by atoms with Gasteiger partial charge in [-0.1, -0.05) is 13.3 Å². The van der Waals surface area contributed by atoms with Crippen molar-refractivity contribution >= 4 is 0 Å². The molecule has 0 N–H and O–H groups in total. The second-order valence-corrected chi connectivity index (χ2v) is 7.54. The van der Waals surface area contributed by atoms with Crippen LogP contribution in [0.3, 0.4) is 0 Å². The zero-order valence-corrected chi connectivity index (χ0v) is 12.6. The highest BCUT2D eigenvalue weighted by Gasteiger charge is 2.40. The second kappa shape index (κ2) is 5.18. The minimum Gasteiger partial charge on any atom is -0.333 e. The third-order valence-corrected chi connectivity index (χ3v) is 6.29. The van der Waals surface area contributed by atoms with Crippen LogP contribution in [0.5, 0.6) is 0 Å². The molecule has 5 atom stereocenters. The fourth-order valence-corrected chi connectivity index (χ4v) is 5.07. The molecule has 3 nitrogen and oxygen atoms in total. The zero-order valence-electron chi connectivity index (χ0n) is 12.6. The van der Waals surface area contributed by atoms with Gasteiger partial charge in [-0.15, -0.1) is 0 Å². The Morgan fingerprint density at radius 1 is 1.20 bits per heavy atom. The van der Waals surface area contributed by atoms with Gasteiger partial charge in [0.1, 0.15) is 0 Å². The quantitative estimate of drug-likeness (QED) is 0.843. The van der Waals surface area contributed by atoms with Crippen LogP contribution in [-0.2, 0) is 0 Å². The molecule has 4 rings (SSSR count). The van der Waals surface area contributed by atoms with Crippen LogP contribution in [0.2, 0.25) is 0 Å². The van der Waals surface area contributed by atoms with Crippen LogP contribution in [-0.4, -0.2) is 34.1 Å². The van der Waals surface area contributed by atoms with E-state index >= 15 is 0 Å². The van der Waals surface area contributed by atoms with Crippen LogP contribution in [0, 0.1) is 23.7 Å². The van der Waals surface area contributed by atoms with Gasteiger partial charge < -0.3 is 9.47 Å². The molecule has 110 valence electrons. The molecule has 1 saturated heterocycles. The van der Waals surface area contributed by atoms with Crippen molar-refractivity contribution in [2.24, 2.45) is 23.7 Å². The Hall–Kier alpha value is -0.830.